The van der Waals surface area contributed by atoms with Crippen LogP contribution in [0.2, 0.25) is 0 Å². The van der Waals surface area contributed by atoms with Crippen LogP contribution in [0.4, 0.5) is 5.82 Å². The van der Waals surface area contributed by atoms with Gasteiger partial charge in [0.05, 0.1) is 17.7 Å². The van der Waals surface area contributed by atoms with E-state index in [1.54, 1.807) is 11.3 Å². The number of hydrogen-bond donors (Lipinski definition) is 1. The molecule has 96 valence electrons. The number of nitrogens with one attached hydrogen (secondary N) is 1. The van der Waals surface area contributed by atoms with Crippen molar-refractivity contribution in [3.63, 3.8) is 0 Å². The van der Waals surface area contributed by atoms with Crippen molar-refractivity contribution in [3.05, 3.63) is 40.0 Å². The number of thiazole rings is 1. The van der Waals surface area contributed by atoms with Crippen molar-refractivity contribution in [1.82, 2.24) is 15.3 Å². The minimum atomic E-state index is 0.829. The first kappa shape index (κ1) is 13.0. The van der Waals surface area contributed by atoms with Crippen molar-refractivity contribution < 1.29 is 0 Å². The van der Waals surface area contributed by atoms with Crippen LogP contribution in [0.15, 0.2) is 23.8 Å². The molecule has 18 heavy (non-hydrogen) atoms. The van der Waals surface area contributed by atoms with Gasteiger partial charge < -0.3 is 10.2 Å². The Bertz CT molecular complexity index is 509. The normalized spacial score (nSPS) is 10.6. The summed E-state index contributed by atoms with van der Waals surface area (Å²) < 4.78 is 0. The molecule has 0 aliphatic rings. The number of anilines is 1. The third-order valence-corrected chi connectivity index (χ3v) is 3.74. The van der Waals surface area contributed by atoms with Crippen LogP contribution in [0.25, 0.3) is 0 Å². The second-order valence-electron chi connectivity index (χ2n) is 4.23. The van der Waals surface area contributed by atoms with Crippen molar-refractivity contribution >= 4 is 17.2 Å². The summed E-state index contributed by atoms with van der Waals surface area (Å²) in [4.78, 5) is 12.2. The van der Waals surface area contributed by atoms with Gasteiger partial charge in [0.2, 0.25) is 0 Å². The topological polar surface area (TPSA) is 41.1 Å². The van der Waals surface area contributed by atoms with E-state index in [0.717, 1.165) is 24.6 Å². The molecule has 4 nitrogen and oxygen atoms in total. The highest BCUT2D eigenvalue weighted by molar-refractivity contribution is 7.09. The zero-order valence-corrected chi connectivity index (χ0v) is 11.8. The monoisotopic (exact) mass is 262 g/mol. The summed E-state index contributed by atoms with van der Waals surface area (Å²) in [5.74, 6) is 1.03. The summed E-state index contributed by atoms with van der Waals surface area (Å²) in [6.45, 7) is 3.73. The molecule has 5 heteroatoms. The fraction of sp³-hybridized carbons (Fsp3) is 0.385. The maximum absolute atomic E-state index is 4.48. The van der Waals surface area contributed by atoms with Crippen molar-refractivity contribution in [1.29, 1.82) is 0 Å². The molecular formula is C13H18N4S. The standard InChI is InChI=1S/C13H18N4S/c1-10-12(18-9-16-10)8-17(3)13-11(7-14-2)5-4-6-15-13/h4-6,9,14H,7-8H2,1-3H3. The van der Waals surface area contributed by atoms with E-state index in [1.165, 1.54) is 10.4 Å². The Morgan fingerprint density at radius 1 is 1.39 bits per heavy atom. The molecule has 0 radical (unpaired) electrons. The Labute approximate surface area is 112 Å². The summed E-state index contributed by atoms with van der Waals surface area (Å²) >= 11 is 1.70. The summed E-state index contributed by atoms with van der Waals surface area (Å²) in [5.41, 5.74) is 4.22. The minimum absolute atomic E-state index is 0.829. The maximum Gasteiger partial charge on any atom is 0.133 e. The molecule has 0 fully saturated rings. The first-order valence-electron chi connectivity index (χ1n) is 5.91. The SMILES string of the molecule is CNCc1cccnc1N(C)Cc1scnc1C. The molecule has 2 heterocycles. The average molecular weight is 262 g/mol. The number of nitrogens with zero attached hydrogens (tertiary/aromatic N) is 3. The Hall–Kier alpha value is -1.46. The highest BCUT2D eigenvalue weighted by atomic mass is 32.1. The van der Waals surface area contributed by atoms with Gasteiger partial charge in [-0.1, -0.05) is 6.07 Å². The van der Waals surface area contributed by atoms with E-state index in [-0.39, 0.29) is 0 Å². The third kappa shape index (κ3) is 2.86. The van der Waals surface area contributed by atoms with Gasteiger partial charge in [-0.05, 0) is 20.0 Å². The van der Waals surface area contributed by atoms with Gasteiger partial charge in [0.25, 0.3) is 0 Å². The first-order valence-corrected chi connectivity index (χ1v) is 6.79. The largest absolute Gasteiger partial charge is 0.354 e. The van der Waals surface area contributed by atoms with Crippen molar-refractivity contribution in [2.45, 2.75) is 20.0 Å². The zero-order valence-electron chi connectivity index (χ0n) is 11.0. The molecule has 0 atom stereocenters. The molecule has 0 aliphatic carbocycles. The fourth-order valence-corrected chi connectivity index (χ4v) is 2.70. The Morgan fingerprint density at radius 3 is 2.89 bits per heavy atom. The van der Waals surface area contributed by atoms with E-state index in [1.807, 2.05) is 31.7 Å². The van der Waals surface area contributed by atoms with Crippen molar-refractivity contribution in [2.24, 2.45) is 0 Å². The second kappa shape index (κ2) is 5.93. The van der Waals surface area contributed by atoms with Gasteiger partial charge in [-0.3, -0.25) is 0 Å². The molecule has 0 saturated heterocycles. The predicted octanol–water partition coefficient (Wildman–Crippen LogP) is 2.20. The summed E-state index contributed by atoms with van der Waals surface area (Å²) in [6.07, 6.45) is 1.84. The lowest BCUT2D eigenvalue weighted by atomic mass is 10.2. The predicted molar refractivity (Wildman–Crippen MR) is 76.0 cm³/mol. The van der Waals surface area contributed by atoms with E-state index < -0.39 is 0 Å². The molecular weight excluding hydrogens is 244 g/mol. The van der Waals surface area contributed by atoms with Crippen LogP contribution in [-0.2, 0) is 13.1 Å². The lowest BCUT2D eigenvalue weighted by Gasteiger charge is -2.20. The van der Waals surface area contributed by atoms with Crippen LogP contribution in [0.5, 0.6) is 0 Å². The van der Waals surface area contributed by atoms with Gasteiger partial charge in [-0.2, -0.15) is 0 Å². The van der Waals surface area contributed by atoms with Gasteiger partial charge in [0.15, 0.2) is 0 Å². The zero-order chi connectivity index (χ0) is 13.0. The Morgan fingerprint density at radius 2 is 2.22 bits per heavy atom. The molecule has 0 aliphatic heterocycles. The fourth-order valence-electron chi connectivity index (χ4n) is 1.87. The molecule has 0 amide bonds. The van der Waals surface area contributed by atoms with Gasteiger partial charge in [-0.25, -0.2) is 9.97 Å². The molecule has 0 aromatic carbocycles. The number of pyridine rings is 1. The van der Waals surface area contributed by atoms with Gasteiger partial charge >= 0.3 is 0 Å². The van der Waals surface area contributed by atoms with E-state index in [9.17, 15) is 0 Å². The van der Waals surface area contributed by atoms with Crippen LogP contribution in [-0.4, -0.2) is 24.1 Å². The molecule has 0 unspecified atom stereocenters. The highest BCUT2D eigenvalue weighted by Crippen LogP contribution is 2.20. The van der Waals surface area contributed by atoms with E-state index in [4.69, 9.17) is 0 Å². The third-order valence-electron chi connectivity index (χ3n) is 2.82. The quantitative estimate of drug-likeness (QED) is 0.897. The molecule has 2 aromatic heterocycles. The number of aromatic nitrogens is 2. The van der Waals surface area contributed by atoms with Crippen LogP contribution >= 0.6 is 11.3 Å². The summed E-state index contributed by atoms with van der Waals surface area (Å²) in [5, 5.41) is 3.17. The number of hydrogen-bond acceptors (Lipinski definition) is 5. The average Bonchev–Trinajstić information content (AvgIpc) is 2.76. The van der Waals surface area contributed by atoms with Gasteiger partial charge in [0, 0.05) is 30.2 Å². The van der Waals surface area contributed by atoms with Crippen LogP contribution in [0.3, 0.4) is 0 Å². The highest BCUT2D eigenvalue weighted by Gasteiger charge is 2.10. The van der Waals surface area contributed by atoms with Crippen LogP contribution in [0, 0.1) is 6.92 Å². The second-order valence-corrected chi connectivity index (χ2v) is 5.17. The molecule has 0 bridgehead atoms. The first-order chi connectivity index (χ1) is 8.72. The smallest absolute Gasteiger partial charge is 0.133 e. The lowest BCUT2D eigenvalue weighted by Crippen LogP contribution is -2.20. The number of rotatable bonds is 5. The molecule has 0 saturated carbocycles. The van der Waals surface area contributed by atoms with E-state index in [0.29, 0.717) is 0 Å². The molecule has 1 N–H and O–H groups in total. The van der Waals surface area contributed by atoms with Gasteiger partial charge in [-0.15, -0.1) is 11.3 Å². The van der Waals surface area contributed by atoms with E-state index in [2.05, 4.69) is 33.3 Å². The molecule has 2 rings (SSSR count). The molecule has 2 aromatic rings. The Kier molecular flexibility index (Phi) is 4.28. The Balaban J connectivity index is 2.18. The summed E-state index contributed by atoms with van der Waals surface area (Å²) in [7, 11) is 4.02. The maximum atomic E-state index is 4.48. The lowest BCUT2D eigenvalue weighted by molar-refractivity contribution is 0.796. The number of aryl methyl sites for hydroxylation is 1. The van der Waals surface area contributed by atoms with Crippen LogP contribution < -0.4 is 10.2 Å². The van der Waals surface area contributed by atoms with Crippen molar-refractivity contribution in [2.75, 3.05) is 19.0 Å². The van der Waals surface area contributed by atoms with Crippen molar-refractivity contribution in [3.8, 4) is 0 Å². The molecule has 0 spiro atoms. The van der Waals surface area contributed by atoms with E-state index >= 15 is 0 Å². The van der Waals surface area contributed by atoms with Gasteiger partial charge in [0.1, 0.15) is 5.82 Å². The minimum Gasteiger partial charge on any atom is -0.354 e. The summed E-state index contributed by atoms with van der Waals surface area (Å²) in [6, 6.07) is 4.08. The van der Waals surface area contributed by atoms with Crippen LogP contribution in [0.1, 0.15) is 16.1 Å².